The number of aliphatic hydroxyl groups excluding tert-OH is 1. The third-order valence-corrected chi connectivity index (χ3v) is 14.3. The van der Waals surface area contributed by atoms with Crippen LogP contribution in [0.25, 0.3) is 0 Å². The second kappa shape index (κ2) is 8.68. The Labute approximate surface area is 197 Å². The number of aliphatic hydroxyl groups is 1. The van der Waals surface area contributed by atoms with Crippen LogP contribution >= 0.6 is 0 Å². The van der Waals surface area contributed by atoms with Crippen molar-refractivity contribution in [2.45, 2.75) is 116 Å². The van der Waals surface area contributed by atoms with Gasteiger partial charge < -0.3 is 19.0 Å². The second-order valence-corrected chi connectivity index (χ2v) is 17.5. The van der Waals surface area contributed by atoms with Gasteiger partial charge in [-0.3, -0.25) is 0 Å². The lowest BCUT2D eigenvalue weighted by atomic mass is 9.42. The van der Waals surface area contributed by atoms with Crippen molar-refractivity contribution in [2.75, 3.05) is 13.2 Å². The van der Waals surface area contributed by atoms with E-state index in [-0.39, 0.29) is 34.5 Å². The summed E-state index contributed by atoms with van der Waals surface area (Å²) in [6.07, 6.45) is 7.64. The van der Waals surface area contributed by atoms with Crippen molar-refractivity contribution < 1.29 is 19.0 Å². The molecule has 4 nitrogen and oxygen atoms in total. The van der Waals surface area contributed by atoms with E-state index in [1.807, 2.05) is 0 Å². The maximum absolute atomic E-state index is 11.0. The summed E-state index contributed by atoms with van der Waals surface area (Å²) in [4.78, 5) is 0. The standard InChI is InChI=1S/C27H46O4Si/c1-19-24-21(22(28)15-16-26(24,5)27(19)29-17-18-30-27)13-14-23(20-11-9-8-10-12-20)31-32(6,7)25(2,3)4/h19-24,28H,8-12,15-18H2,1-7H3. The maximum atomic E-state index is 11.0. The summed E-state index contributed by atoms with van der Waals surface area (Å²) in [5.41, 5.74) is -0.0673. The minimum atomic E-state index is -1.93. The van der Waals surface area contributed by atoms with E-state index in [0.717, 1.165) is 12.8 Å². The lowest BCUT2D eigenvalue weighted by Gasteiger charge is -2.68. The Morgan fingerprint density at radius 3 is 2.28 bits per heavy atom. The van der Waals surface area contributed by atoms with Crippen LogP contribution in [0.5, 0.6) is 0 Å². The van der Waals surface area contributed by atoms with Crippen LogP contribution in [0.1, 0.15) is 79.6 Å². The normalized spacial score (nSPS) is 38.5. The first kappa shape index (κ1) is 24.7. The van der Waals surface area contributed by atoms with Crippen molar-refractivity contribution >= 4 is 8.32 Å². The molecule has 5 heteroatoms. The van der Waals surface area contributed by atoms with E-state index in [1.165, 1.54) is 32.1 Å². The zero-order valence-corrected chi connectivity index (χ0v) is 22.5. The molecular formula is C27H46O4Si. The fourth-order valence-electron chi connectivity index (χ4n) is 6.92. The highest BCUT2D eigenvalue weighted by Crippen LogP contribution is 2.69. The Morgan fingerprint density at radius 2 is 1.69 bits per heavy atom. The summed E-state index contributed by atoms with van der Waals surface area (Å²) in [6.45, 7) is 17.5. The predicted octanol–water partition coefficient (Wildman–Crippen LogP) is 5.75. The Bertz CT molecular complexity index is 735. The van der Waals surface area contributed by atoms with Crippen molar-refractivity contribution in [2.24, 2.45) is 29.1 Å². The van der Waals surface area contributed by atoms with Gasteiger partial charge in [-0.05, 0) is 55.7 Å². The van der Waals surface area contributed by atoms with Crippen LogP contribution in [-0.4, -0.2) is 44.6 Å². The van der Waals surface area contributed by atoms with Gasteiger partial charge in [0.25, 0.3) is 0 Å². The number of rotatable bonds is 3. The minimum Gasteiger partial charge on any atom is -0.403 e. The van der Waals surface area contributed by atoms with Crippen LogP contribution in [0, 0.1) is 40.9 Å². The summed E-state index contributed by atoms with van der Waals surface area (Å²) >= 11 is 0. The Kier molecular flexibility index (Phi) is 6.71. The summed E-state index contributed by atoms with van der Waals surface area (Å²) in [5.74, 6) is 7.83. The fraction of sp³-hybridized carbons (Fsp3) is 0.926. The molecule has 4 fully saturated rings. The van der Waals surface area contributed by atoms with Crippen molar-refractivity contribution in [1.29, 1.82) is 0 Å². The molecule has 0 aromatic rings. The monoisotopic (exact) mass is 462 g/mol. The van der Waals surface area contributed by atoms with Crippen LogP contribution in [0.3, 0.4) is 0 Å². The first-order valence-corrected chi connectivity index (χ1v) is 16.0. The summed E-state index contributed by atoms with van der Waals surface area (Å²) < 4.78 is 19.3. The molecule has 0 bridgehead atoms. The average molecular weight is 463 g/mol. The van der Waals surface area contributed by atoms with Gasteiger partial charge in [0.1, 0.15) is 6.10 Å². The molecule has 1 saturated heterocycles. The predicted molar refractivity (Wildman–Crippen MR) is 131 cm³/mol. The first-order chi connectivity index (χ1) is 14.9. The van der Waals surface area contributed by atoms with Gasteiger partial charge in [0.2, 0.25) is 0 Å². The van der Waals surface area contributed by atoms with Gasteiger partial charge in [-0.15, -0.1) is 0 Å². The quantitative estimate of drug-likeness (QED) is 0.429. The molecule has 6 unspecified atom stereocenters. The highest BCUT2D eigenvalue weighted by molar-refractivity contribution is 6.74. The molecular weight excluding hydrogens is 416 g/mol. The van der Waals surface area contributed by atoms with Crippen molar-refractivity contribution in [3.05, 3.63) is 0 Å². The third-order valence-electron chi connectivity index (χ3n) is 9.85. The Morgan fingerprint density at radius 1 is 1.06 bits per heavy atom. The molecule has 0 aromatic carbocycles. The smallest absolute Gasteiger partial charge is 0.193 e. The fourth-order valence-corrected chi connectivity index (χ4v) is 8.16. The van der Waals surface area contributed by atoms with Gasteiger partial charge in [-0.25, -0.2) is 0 Å². The van der Waals surface area contributed by atoms with Gasteiger partial charge in [-0.1, -0.05) is 65.7 Å². The molecule has 1 spiro atoms. The van der Waals surface area contributed by atoms with E-state index in [9.17, 15) is 5.11 Å². The van der Waals surface area contributed by atoms with Crippen molar-refractivity contribution in [3.63, 3.8) is 0 Å². The summed E-state index contributed by atoms with van der Waals surface area (Å²) in [7, 11) is -1.93. The number of hydrogen-bond acceptors (Lipinski definition) is 4. The van der Waals surface area contributed by atoms with Crippen LogP contribution in [0.2, 0.25) is 18.1 Å². The molecule has 0 aromatic heterocycles. The van der Waals surface area contributed by atoms with E-state index in [4.69, 9.17) is 13.9 Å². The molecule has 3 saturated carbocycles. The van der Waals surface area contributed by atoms with Gasteiger partial charge in [0.15, 0.2) is 14.1 Å². The third kappa shape index (κ3) is 3.92. The van der Waals surface area contributed by atoms with Crippen LogP contribution in [-0.2, 0) is 13.9 Å². The molecule has 0 radical (unpaired) electrons. The zero-order chi connectivity index (χ0) is 23.4. The molecule has 4 rings (SSSR count). The first-order valence-electron chi connectivity index (χ1n) is 13.1. The zero-order valence-electron chi connectivity index (χ0n) is 21.5. The average Bonchev–Trinajstić information content (AvgIpc) is 3.26. The van der Waals surface area contributed by atoms with Gasteiger partial charge in [0.05, 0.1) is 25.2 Å². The number of fused-ring (bicyclic) bond motifs is 2. The van der Waals surface area contributed by atoms with Crippen LogP contribution < -0.4 is 0 Å². The minimum absolute atomic E-state index is 0.0140. The topological polar surface area (TPSA) is 47.9 Å². The largest absolute Gasteiger partial charge is 0.403 e. The Hall–Kier alpha value is -0.383. The number of ether oxygens (including phenoxy) is 2. The molecule has 1 N–H and O–H groups in total. The van der Waals surface area contributed by atoms with Crippen LogP contribution in [0.15, 0.2) is 0 Å². The molecule has 1 aliphatic heterocycles. The maximum Gasteiger partial charge on any atom is 0.193 e. The van der Waals surface area contributed by atoms with Crippen molar-refractivity contribution in [3.8, 4) is 11.8 Å². The molecule has 32 heavy (non-hydrogen) atoms. The molecule has 1 heterocycles. The van der Waals surface area contributed by atoms with E-state index < -0.39 is 14.1 Å². The number of hydrogen-bond donors (Lipinski definition) is 1. The molecule has 0 amide bonds. The van der Waals surface area contributed by atoms with Crippen molar-refractivity contribution in [1.82, 2.24) is 0 Å². The van der Waals surface area contributed by atoms with Gasteiger partial charge >= 0.3 is 0 Å². The summed E-state index contributed by atoms with van der Waals surface area (Å²) in [5, 5.41) is 11.2. The molecule has 182 valence electrons. The van der Waals surface area contributed by atoms with E-state index in [0.29, 0.717) is 25.0 Å². The summed E-state index contributed by atoms with van der Waals surface area (Å²) in [6, 6.07) is 0. The van der Waals surface area contributed by atoms with Gasteiger partial charge in [0, 0.05) is 11.3 Å². The van der Waals surface area contributed by atoms with Gasteiger partial charge in [-0.2, -0.15) is 0 Å². The SMILES string of the molecule is CC1C2C(C#CC(O[Si](C)(C)C(C)(C)C)C3CCCCC3)C(O)CCC2(C)C12OCCO2. The lowest BCUT2D eigenvalue weighted by Crippen LogP contribution is -2.73. The molecule has 4 aliphatic rings. The van der Waals surface area contributed by atoms with E-state index in [2.05, 4.69) is 59.6 Å². The lowest BCUT2D eigenvalue weighted by molar-refractivity contribution is -0.380. The highest BCUT2D eigenvalue weighted by atomic mass is 28.4. The van der Waals surface area contributed by atoms with Crippen LogP contribution in [0.4, 0.5) is 0 Å². The molecule has 3 aliphatic carbocycles. The highest BCUT2D eigenvalue weighted by Gasteiger charge is 2.74. The Balaban J connectivity index is 1.60. The van der Waals surface area contributed by atoms with E-state index >= 15 is 0 Å². The molecule has 6 atom stereocenters. The van der Waals surface area contributed by atoms with E-state index in [1.54, 1.807) is 0 Å². The second-order valence-electron chi connectivity index (χ2n) is 12.7.